The van der Waals surface area contributed by atoms with Crippen LogP contribution in [-0.4, -0.2) is 57.0 Å². The quantitative estimate of drug-likeness (QED) is 0.639. The lowest BCUT2D eigenvalue weighted by Gasteiger charge is -2.40. The van der Waals surface area contributed by atoms with E-state index < -0.39 is 9.84 Å². The highest BCUT2D eigenvalue weighted by Gasteiger charge is 2.38. The third kappa shape index (κ3) is 2.38. The Morgan fingerprint density at radius 1 is 1.44 bits per heavy atom. The Morgan fingerprint density at radius 3 is 2.62 bits per heavy atom. The van der Waals surface area contributed by atoms with Crippen molar-refractivity contribution in [2.75, 3.05) is 31.7 Å². The van der Waals surface area contributed by atoms with Crippen LogP contribution in [0.4, 0.5) is 0 Å². The lowest BCUT2D eigenvalue weighted by molar-refractivity contribution is -0.152. The van der Waals surface area contributed by atoms with Crippen molar-refractivity contribution in [2.45, 2.75) is 18.9 Å². The van der Waals surface area contributed by atoms with Gasteiger partial charge in [-0.1, -0.05) is 0 Å². The van der Waals surface area contributed by atoms with Gasteiger partial charge in [0.2, 0.25) is 0 Å². The van der Waals surface area contributed by atoms with Gasteiger partial charge in [0, 0.05) is 13.1 Å². The van der Waals surface area contributed by atoms with Crippen LogP contribution in [0, 0.1) is 5.92 Å². The molecular weight excluding hydrogens is 230 g/mol. The number of likely N-dealkylation sites (tertiary alicyclic amines) is 1. The van der Waals surface area contributed by atoms with Crippen LogP contribution < -0.4 is 0 Å². The second-order valence-electron chi connectivity index (χ2n) is 4.59. The minimum atomic E-state index is -2.81. The number of hydrogen-bond acceptors (Lipinski definition) is 5. The van der Waals surface area contributed by atoms with Crippen molar-refractivity contribution in [2.24, 2.45) is 5.92 Å². The zero-order valence-corrected chi connectivity index (χ0v) is 10.2. The van der Waals surface area contributed by atoms with Gasteiger partial charge in [0.05, 0.1) is 18.6 Å². The number of carbonyl (C=O) groups is 1. The average Bonchev–Trinajstić information content (AvgIpc) is 2.53. The highest BCUT2D eigenvalue weighted by atomic mass is 32.2. The molecule has 0 spiro atoms. The van der Waals surface area contributed by atoms with Gasteiger partial charge in [-0.25, -0.2) is 8.42 Å². The maximum Gasteiger partial charge on any atom is 0.323 e. The molecule has 0 bridgehead atoms. The predicted molar refractivity (Wildman–Crippen MR) is 58.8 cm³/mol. The fraction of sp³-hybridized carbons (Fsp3) is 0.900. The van der Waals surface area contributed by atoms with E-state index in [-0.39, 0.29) is 23.7 Å². The summed E-state index contributed by atoms with van der Waals surface area (Å²) in [7, 11) is -1.42. The first-order valence-electron chi connectivity index (χ1n) is 5.54. The fourth-order valence-electron chi connectivity index (χ4n) is 2.41. The van der Waals surface area contributed by atoms with E-state index in [4.69, 9.17) is 4.74 Å². The number of hydrogen-bond donors (Lipinski definition) is 0. The standard InChI is InChI=1S/C10H17NO4S/c1-15-10(12)9-2-4-11(9)6-8-3-5-16(13,14)7-8/h8-9H,2-7H2,1H3. The number of sulfone groups is 1. The maximum absolute atomic E-state index is 11.3. The summed E-state index contributed by atoms with van der Waals surface area (Å²) >= 11 is 0. The Bertz CT molecular complexity index is 378. The molecule has 2 heterocycles. The van der Waals surface area contributed by atoms with Gasteiger partial charge in [0.25, 0.3) is 0 Å². The molecule has 0 saturated carbocycles. The number of rotatable bonds is 3. The SMILES string of the molecule is COC(=O)C1CCN1CC1CCS(=O)(=O)C1. The molecule has 0 N–H and O–H groups in total. The van der Waals surface area contributed by atoms with Crippen LogP contribution in [0.25, 0.3) is 0 Å². The molecule has 5 nitrogen and oxygen atoms in total. The molecule has 2 saturated heterocycles. The van der Waals surface area contributed by atoms with E-state index in [1.807, 2.05) is 4.90 Å². The normalized spacial score (nSPS) is 33.3. The summed E-state index contributed by atoms with van der Waals surface area (Å²) in [6.07, 6.45) is 1.55. The van der Waals surface area contributed by atoms with Crippen molar-refractivity contribution in [3.63, 3.8) is 0 Å². The topological polar surface area (TPSA) is 63.7 Å². The van der Waals surface area contributed by atoms with Crippen LogP contribution in [0.2, 0.25) is 0 Å². The van der Waals surface area contributed by atoms with Crippen LogP contribution in [0.1, 0.15) is 12.8 Å². The van der Waals surface area contributed by atoms with E-state index >= 15 is 0 Å². The Balaban J connectivity index is 1.85. The fourth-order valence-corrected chi connectivity index (χ4v) is 4.26. The molecule has 6 heteroatoms. The largest absolute Gasteiger partial charge is 0.468 e. The lowest BCUT2D eigenvalue weighted by Crippen LogP contribution is -2.54. The predicted octanol–water partition coefficient (Wildman–Crippen LogP) is -0.332. The number of esters is 1. The first-order valence-corrected chi connectivity index (χ1v) is 7.36. The van der Waals surface area contributed by atoms with Crippen molar-refractivity contribution >= 4 is 15.8 Å². The van der Waals surface area contributed by atoms with Gasteiger partial charge in [0.15, 0.2) is 9.84 Å². The molecule has 2 fully saturated rings. The lowest BCUT2D eigenvalue weighted by atomic mass is 9.99. The first kappa shape index (κ1) is 11.9. The van der Waals surface area contributed by atoms with Gasteiger partial charge < -0.3 is 4.74 Å². The minimum Gasteiger partial charge on any atom is -0.468 e. The van der Waals surface area contributed by atoms with E-state index in [0.29, 0.717) is 12.3 Å². The van der Waals surface area contributed by atoms with Crippen molar-refractivity contribution < 1.29 is 17.9 Å². The average molecular weight is 247 g/mol. The Hall–Kier alpha value is -0.620. The zero-order valence-electron chi connectivity index (χ0n) is 9.39. The Labute approximate surface area is 95.7 Å². The van der Waals surface area contributed by atoms with Crippen molar-refractivity contribution in [3.05, 3.63) is 0 Å². The number of nitrogens with zero attached hydrogens (tertiary/aromatic N) is 1. The Morgan fingerprint density at radius 2 is 2.19 bits per heavy atom. The van der Waals surface area contributed by atoms with E-state index in [2.05, 4.69) is 0 Å². The molecule has 16 heavy (non-hydrogen) atoms. The van der Waals surface area contributed by atoms with Gasteiger partial charge in [-0.05, 0) is 18.8 Å². The van der Waals surface area contributed by atoms with Gasteiger partial charge in [-0.3, -0.25) is 9.69 Å². The van der Waals surface area contributed by atoms with E-state index in [0.717, 1.165) is 19.4 Å². The Kier molecular flexibility index (Phi) is 3.21. The van der Waals surface area contributed by atoms with Crippen molar-refractivity contribution in [3.8, 4) is 0 Å². The molecule has 0 aliphatic carbocycles. The highest BCUT2D eigenvalue weighted by Crippen LogP contribution is 2.25. The molecule has 2 atom stereocenters. The van der Waals surface area contributed by atoms with Crippen LogP contribution in [-0.2, 0) is 19.4 Å². The molecular formula is C10H17NO4S. The zero-order chi connectivity index (χ0) is 11.8. The van der Waals surface area contributed by atoms with Gasteiger partial charge >= 0.3 is 5.97 Å². The van der Waals surface area contributed by atoms with Crippen LogP contribution >= 0.6 is 0 Å². The number of ether oxygens (including phenoxy) is 1. The minimum absolute atomic E-state index is 0.145. The molecule has 0 aromatic rings. The summed E-state index contributed by atoms with van der Waals surface area (Å²) in [5, 5.41) is 0. The summed E-state index contributed by atoms with van der Waals surface area (Å²) in [6.45, 7) is 1.58. The number of carbonyl (C=O) groups excluding carboxylic acids is 1. The highest BCUT2D eigenvalue weighted by molar-refractivity contribution is 7.91. The van der Waals surface area contributed by atoms with Gasteiger partial charge in [0.1, 0.15) is 6.04 Å². The molecule has 92 valence electrons. The van der Waals surface area contributed by atoms with Gasteiger partial charge in [-0.15, -0.1) is 0 Å². The summed E-state index contributed by atoms with van der Waals surface area (Å²) in [5.41, 5.74) is 0. The maximum atomic E-state index is 11.3. The summed E-state index contributed by atoms with van der Waals surface area (Å²) < 4.78 is 27.3. The van der Waals surface area contributed by atoms with Crippen LogP contribution in [0.15, 0.2) is 0 Å². The summed E-state index contributed by atoms with van der Waals surface area (Å²) in [5.74, 6) is 0.566. The molecule has 2 rings (SSSR count). The van der Waals surface area contributed by atoms with Crippen LogP contribution in [0.5, 0.6) is 0 Å². The molecule has 0 aromatic carbocycles. The molecule has 0 aromatic heterocycles. The second kappa shape index (κ2) is 4.33. The van der Waals surface area contributed by atoms with E-state index in [1.54, 1.807) is 0 Å². The smallest absolute Gasteiger partial charge is 0.323 e. The number of methoxy groups -OCH3 is 1. The first-order chi connectivity index (χ1) is 7.52. The van der Waals surface area contributed by atoms with E-state index in [1.165, 1.54) is 7.11 Å². The molecule has 2 unspecified atom stereocenters. The monoisotopic (exact) mass is 247 g/mol. The second-order valence-corrected chi connectivity index (χ2v) is 6.82. The van der Waals surface area contributed by atoms with Crippen molar-refractivity contribution in [1.29, 1.82) is 0 Å². The molecule has 0 amide bonds. The van der Waals surface area contributed by atoms with Crippen LogP contribution in [0.3, 0.4) is 0 Å². The van der Waals surface area contributed by atoms with Crippen molar-refractivity contribution in [1.82, 2.24) is 4.90 Å². The summed E-state index contributed by atoms with van der Waals surface area (Å²) in [6, 6.07) is -0.145. The molecule has 0 radical (unpaired) electrons. The third-order valence-corrected chi connectivity index (χ3v) is 5.26. The van der Waals surface area contributed by atoms with Gasteiger partial charge in [-0.2, -0.15) is 0 Å². The van der Waals surface area contributed by atoms with E-state index in [9.17, 15) is 13.2 Å². The summed E-state index contributed by atoms with van der Waals surface area (Å²) in [4.78, 5) is 13.3. The third-order valence-electron chi connectivity index (χ3n) is 3.42. The molecule has 2 aliphatic heterocycles. The molecule has 2 aliphatic rings.